The van der Waals surface area contributed by atoms with E-state index in [-0.39, 0.29) is 11.7 Å². The lowest BCUT2D eigenvalue weighted by Crippen LogP contribution is -2.48. The van der Waals surface area contributed by atoms with Crippen LogP contribution in [0.2, 0.25) is 0 Å². The van der Waals surface area contributed by atoms with Gasteiger partial charge in [0.25, 0.3) is 5.91 Å². The van der Waals surface area contributed by atoms with Crippen LogP contribution in [0.15, 0.2) is 48.5 Å². The van der Waals surface area contributed by atoms with Crippen LogP contribution in [0.1, 0.15) is 42.6 Å². The van der Waals surface area contributed by atoms with E-state index in [0.717, 1.165) is 12.0 Å². The van der Waals surface area contributed by atoms with Crippen LogP contribution in [-0.2, 0) is 16.4 Å². The number of sulfonamides is 1. The van der Waals surface area contributed by atoms with E-state index in [1.54, 1.807) is 18.2 Å². The first kappa shape index (κ1) is 26.0. The first-order valence-electron chi connectivity index (χ1n) is 12.0. The Kier molecular flexibility index (Phi) is 9.32. The summed E-state index contributed by atoms with van der Waals surface area (Å²) in [4.78, 5) is 13.3. The molecule has 1 aliphatic heterocycles. The van der Waals surface area contributed by atoms with E-state index in [9.17, 15) is 18.3 Å². The van der Waals surface area contributed by atoms with Gasteiger partial charge in [0.05, 0.1) is 23.6 Å². The number of rotatable bonds is 11. The molecule has 9 heteroatoms. The first-order chi connectivity index (χ1) is 16.3. The predicted molar refractivity (Wildman–Crippen MR) is 137 cm³/mol. The van der Waals surface area contributed by atoms with Gasteiger partial charge in [0.2, 0.25) is 10.0 Å². The second-order valence-electron chi connectivity index (χ2n) is 8.54. The number of anilines is 2. The summed E-state index contributed by atoms with van der Waals surface area (Å²) in [7, 11) is -3.41. The van der Waals surface area contributed by atoms with Crippen molar-refractivity contribution in [3.05, 3.63) is 59.7 Å². The van der Waals surface area contributed by atoms with Crippen molar-refractivity contribution in [1.29, 1.82) is 0 Å². The summed E-state index contributed by atoms with van der Waals surface area (Å²) < 4.78 is 26.7. The molecule has 2 aromatic rings. The topological polar surface area (TPSA) is 111 Å². The van der Waals surface area contributed by atoms with Crippen LogP contribution in [0.4, 0.5) is 11.4 Å². The maximum Gasteiger partial charge on any atom is 0.251 e. The van der Waals surface area contributed by atoms with Gasteiger partial charge in [-0.1, -0.05) is 37.3 Å². The molecular formula is C25H36N4O4S. The summed E-state index contributed by atoms with van der Waals surface area (Å²) >= 11 is 0. The number of likely N-dealkylation sites (N-methyl/N-ethyl adjacent to an activating group) is 1. The van der Waals surface area contributed by atoms with Crippen molar-refractivity contribution in [3.63, 3.8) is 0 Å². The third kappa shape index (κ3) is 6.94. The van der Waals surface area contributed by atoms with Gasteiger partial charge in [-0.2, -0.15) is 0 Å². The molecule has 1 heterocycles. The number of amides is 1. The summed E-state index contributed by atoms with van der Waals surface area (Å²) in [6.45, 7) is 5.99. The zero-order valence-corrected chi connectivity index (χ0v) is 20.8. The third-order valence-corrected chi connectivity index (χ3v) is 7.75. The van der Waals surface area contributed by atoms with Gasteiger partial charge in [-0.05, 0) is 56.5 Å². The van der Waals surface area contributed by atoms with Crippen molar-refractivity contribution in [1.82, 2.24) is 10.6 Å². The highest BCUT2D eigenvalue weighted by molar-refractivity contribution is 7.92. The van der Waals surface area contributed by atoms with Crippen molar-refractivity contribution >= 4 is 27.3 Å². The van der Waals surface area contributed by atoms with Crippen LogP contribution >= 0.6 is 0 Å². The lowest BCUT2D eigenvalue weighted by atomic mass is 10.00. The average molecular weight is 489 g/mol. The van der Waals surface area contributed by atoms with Crippen LogP contribution in [0, 0.1) is 0 Å². The lowest BCUT2D eigenvalue weighted by molar-refractivity contribution is 0.0832. The summed E-state index contributed by atoms with van der Waals surface area (Å²) in [5, 5.41) is 20.1. The molecule has 8 nitrogen and oxygen atoms in total. The van der Waals surface area contributed by atoms with Gasteiger partial charge < -0.3 is 21.1 Å². The van der Waals surface area contributed by atoms with Crippen molar-refractivity contribution < 1.29 is 18.3 Å². The number of benzene rings is 2. The van der Waals surface area contributed by atoms with Crippen LogP contribution in [-0.4, -0.2) is 63.5 Å². The number of aliphatic hydroxyl groups excluding tert-OH is 1. The highest BCUT2D eigenvalue weighted by atomic mass is 32.2. The summed E-state index contributed by atoms with van der Waals surface area (Å²) in [5.74, 6) is -0.248. The molecule has 4 N–H and O–H groups in total. The van der Waals surface area contributed by atoms with Gasteiger partial charge in [-0.15, -0.1) is 0 Å². The van der Waals surface area contributed by atoms with E-state index in [0.29, 0.717) is 56.0 Å². The van der Waals surface area contributed by atoms with Crippen LogP contribution < -0.4 is 20.3 Å². The van der Waals surface area contributed by atoms with E-state index in [1.807, 2.05) is 44.2 Å². The maximum absolute atomic E-state index is 13.3. The standard InChI is InChI=1S/C25H36N4O4S/c1-3-26-18-24(30)23(14-19-10-6-5-7-11-19)28-25(31)20-15-21(27-4-2)17-22(16-20)29-12-8-9-13-34(29,32)33/h5-7,10-11,15-17,23-24,26-27,30H,3-4,8-9,12-14,18H2,1-2H3,(H,28,31)/t23-,24+/m0/s1. The fraction of sp³-hybridized carbons (Fsp3) is 0.480. The Bertz CT molecular complexity index is 1050. The number of hydrogen-bond acceptors (Lipinski definition) is 6. The van der Waals surface area contributed by atoms with E-state index >= 15 is 0 Å². The molecule has 1 saturated heterocycles. The van der Waals surface area contributed by atoms with Crippen LogP contribution in [0.25, 0.3) is 0 Å². The normalized spacial score (nSPS) is 17.1. The number of aliphatic hydroxyl groups is 1. The van der Waals surface area contributed by atoms with Crippen molar-refractivity contribution in [2.24, 2.45) is 0 Å². The Morgan fingerprint density at radius 2 is 1.85 bits per heavy atom. The Morgan fingerprint density at radius 3 is 2.53 bits per heavy atom. The minimum Gasteiger partial charge on any atom is -0.390 e. The Morgan fingerprint density at radius 1 is 1.09 bits per heavy atom. The highest BCUT2D eigenvalue weighted by Crippen LogP contribution is 2.28. The molecule has 0 radical (unpaired) electrons. The Balaban J connectivity index is 1.88. The van der Waals surface area contributed by atoms with E-state index in [4.69, 9.17) is 0 Å². The fourth-order valence-electron chi connectivity index (χ4n) is 4.11. The third-order valence-electron chi connectivity index (χ3n) is 5.88. The highest BCUT2D eigenvalue weighted by Gasteiger charge is 2.28. The summed E-state index contributed by atoms with van der Waals surface area (Å²) in [6, 6.07) is 14.3. The van der Waals surface area contributed by atoms with Crippen LogP contribution in [0.3, 0.4) is 0 Å². The summed E-state index contributed by atoms with van der Waals surface area (Å²) in [6.07, 6.45) is 1.11. The molecule has 0 aromatic heterocycles. The van der Waals surface area contributed by atoms with Gasteiger partial charge in [0.15, 0.2) is 0 Å². The molecule has 34 heavy (non-hydrogen) atoms. The molecule has 0 spiro atoms. The quantitative estimate of drug-likeness (QED) is 0.387. The summed E-state index contributed by atoms with van der Waals surface area (Å²) in [5.41, 5.74) is 2.52. The molecule has 2 atom stereocenters. The second kappa shape index (κ2) is 12.2. The Labute approximate surface area is 202 Å². The largest absolute Gasteiger partial charge is 0.390 e. The number of nitrogens with zero attached hydrogens (tertiary/aromatic N) is 1. The molecule has 1 amide bonds. The molecular weight excluding hydrogens is 452 g/mol. The average Bonchev–Trinajstić information content (AvgIpc) is 2.82. The van der Waals surface area contributed by atoms with Crippen LogP contribution in [0.5, 0.6) is 0 Å². The van der Waals surface area contributed by atoms with Gasteiger partial charge in [-0.3, -0.25) is 9.10 Å². The zero-order valence-electron chi connectivity index (χ0n) is 20.0. The van der Waals surface area contributed by atoms with Gasteiger partial charge in [0, 0.05) is 30.9 Å². The molecule has 0 unspecified atom stereocenters. The number of nitrogens with one attached hydrogen (secondary N) is 3. The molecule has 1 aliphatic rings. The minimum absolute atomic E-state index is 0.107. The van der Waals surface area contributed by atoms with E-state index in [2.05, 4.69) is 16.0 Å². The van der Waals surface area contributed by atoms with Gasteiger partial charge in [-0.25, -0.2) is 8.42 Å². The fourth-order valence-corrected chi connectivity index (χ4v) is 5.73. The number of carbonyl (C=O) groups is 1. The molecule has 186 valence electrons. The minimum atomic E-state index is -3.41. The Hall–Kier alpha value is -2.62. The molecule has 0 bridgehead atoms. The van der Waals surface area contributed by atoms with E-state index < -0.39 is 22.2 Å². The molecule has 2 aromatic carbocycles. The lowest BCUT2D eigenvalue weighted by Gasteiger charge is -2.29. The van der Waals surface area contributed by atoms with Gasteiger partial charge in [0.1, 0.15) is 0 Å². The number of carbonyl (C=O) groups excluding carboxylic acids is 1. The monoisotopic (exact) mass is 488 g/mol. The molecule has 3 rings (SSSR count). The van der Waals surface area contributed by atoms with Gasteiger partial charge >= 0.3 is 0 Å². The predicted octanol–water partition coefficient (Wildman–Crippen LogP) is 2.36. The van der Waals surface area contributed by atoms with Crippen molar-refractivity contribution in [2.45, 2.75) is 45.3 Å². The maximum atomic E-state index is 13.3. The van der Waals surface area contributed by atoms with Crippen molar-refractivity contribution in [3.8, 4) is 0 Å². The van der Waals surface area contributed by atoms with E-state index in [1.165, 1.54) is 4.31 Å². The molecule has 0 saturated carbocycles. The molecule has 0 aliphatic carbocycles. The molecule has 1 fully saturated rings. The number of hydrogen-bond donors (Lipinski definition) is 4. The first-order valence-corrected chi connectivity index (χ1v) is 13.6. The second-order valence-corrected chi connectivity index (χ2v) is 10.6. The smallest absolute Gasteiger partial charge is 0.251 e. The zero-order chi connectivity index (χ0) is 24.6. The SMILES string of the molecule is CCNC[C@@H](O)[C@H](Cc1ccccc1)NC(=O)c1cc(NCC)cc(N2CCCCS2(=O)=O)c1. The van der Waals surface area contributed by atoms with Crippen molar-refractivity contribution in [2.75, 3.05) is 41.6 Å².